The van der Waals surface area contributed by atoms with Gasteiger partial charge in [0, 0.05) is 55.7 Å². The van der Waals surface area contributed by atoms with Crippen molar-refractivity contribution >= 4 is 60.7 Å². The molecule has 2 N–H and O–H groups in total. The lowest BCUT2D eigenvalue weighted by molar-refractivity contribution is 0.0398. The second kappa shape index (κ2) is 11.9. The first kappa shape index (κ1) is 29.8. The summed E-state index contributed by atoms with van der Waals surface area (Å²) in [6, 6.07) is 12.5. The highest BCUT2D eigenvalue weighted by atomic mass is 19.1. The van der Waals surface area contributed by atoms with E-state index < -0.39 is 17.2 Å². The topological polar surface area (TPSA) is 109 Å². The van der Waals surface area contributed by atoms with Crippen LogP contribution in [0.25, 0.3) is 49.1 Å². The maximum absolute atomic E-state index is 16.0. The number of pyridine rings is 1. The van der Waals surface area contributed by atoms with Crippen molar-refractivity contribution in [2.45, 2.75) is 25.3 Å². The van der Waals surface area contributed by atoms with Crippen molar-refractivity contribution in [3.63, 3.8) is 0 Å². The van der Waals surface area contributed by atoms with Crippen molar-refractivity contribution in [2.75, 3.05) is 64.8 Å². The number of benzene rings is 3. The molecule has 2 saturated heterocycles. The van der Waals surface area contributed by atoms with Crippen LogP contribution in [0.4, 0.5) is 10.1 Å². The van der Waals surface area contributed by atoms with Crippen LogP contribution < -0.4 is 21.5 Å². The maximum atomic E-state index is 16.0. The zero-order valence-electron chi connectivity index (χ0n) is 26.2. The van der Waals surface area contributed by atoms with E-state index in [2.05, 4.69) is 27.5 Å². The van der Waals surface area contributed by atoms with Crippen molar-refractivity contribution in [1.29, 1.82) is 0 Å². The minimum absolute atomic E-state index is 0.0435. The van der Waals surface area contributed by atoms with Gasteiger partial charge in [-0.15, -0.1) is 0 Å². The molecule has 4 aromatic carbocycles. The molecule has 0 aliphatic carbocycles. The van der Waals surface area contributed by atoms with Gasteiger partial charge in [0.15, 0.2) is 22.4 Å². The van der Waals surface area contributed by atoms with Gasteiger partial charge in [-0.05, 0) is 61.8 Å². The van der Waals surface area contributed by atoms with Gasteiger partial charge in [0.25, 0.3) is 5.91 Å². The number of amides is 1. The number of halogens is 1. The third-order valence-electron chi connectivity index (χ3n) is 9.99. The summed E-state index contributed by atoms with van der Waals surface area (Å²) in [6.07, 6.45) is 4.51. The average molecular weight is 638 g/mol. The van der Waals surface area contributed by atoms with Crippen LogP contribution in [0.2, 0.25) is 0 Å². The number of nitrogens with zero attached hydrogens (tertiary/aromatic N) is 3. The minimum atomic E-state index is -0.659. The van der Waals surface area contributed by atoms with E-state index in [9.17, 15) is 14.4 Å². The highest BCUT2D eigenvalue weighted by molar-refractivity contribution is 6.15. The highest BCUT2D eigenvalue weighted by Crippen LogP contribution is 2.36. The number of hydrogen-bond acceptors (Lipinski definition) is 8. The molecule has 1 unspecified atom stereocenters. The fourth-order valence-corrected chi connectivity index (χ4v) is 7.42. The van der Waals surface area contributed by atoms with Crippen molar-refractivity contribution in [3.8, 4) is 0 Å². The van der Waals surface area contributed by atoms with Crippen LogP contribution in [-0.4, -0.2) is 85.7 Å². The molecule has 0 radical (unpaired) electrons. The molecule has 4 heterocycles. The molecule has 2 aromatic heterocycles. The molecule has 0 saturated carbocycles. The quantitative estimate of drug-likeness (QED) is 0.187. The summed E-state index contributed by atoms with van der Waals surface area (Å²) < 4.78 is 29.6. The largest absolute Gasteiger partial charge is 0.451 e. The summed E-state index contributed by atoms with van der Waals surface area (Å²) in [5.74, 6) is -1.17. The first-order valence-electron chi connectivity index (χ1n) is 16.3. The number of morpholine rings is 1. The molecule has 1 amide bonds. The van der Waals surface area contributed by atoms with Gasteiger partial charge in [-0.2, -0.15) is 0 Å². The lowest BCUT2D eigenvalue weighted by Crippen LogP contribution is -2.39. The fraction of sp³-hybridized carbons (Fsp3) is 0.361. The Morgan fingerprint density at radius 1 is 0.957 bits per heavy atom. The number of anilines is 1. The second-order valence-corrected chi connectivity index (χ2v) is 12.7. The van der Waals surface area contributed by atoms with E-state index in [-0.39, 0.29) is 27.6 Å². The molecule has 2 fully saturated rings. The summed E-state index contributed by atoms with van der Waals surface area (Å²) in [5.41, 5.74) is 0.746. The number of aromatic nitrogens is 1. The Kier molecular flexibility index (Phi) is 7.54. The molecule has 0 bridgehead atoms. The van der Waals surface area contributed by atoms with Gasteiger partial charge in [0.1, 0.15) is 16.8 Å². The third-order valence-corrected chi connectivity index (χ3v) is 9.99. The molecule has 0 spiro atoms. The zero-order valence-corrected chi connectivity index (χ0v) is 26.2. The van der Waals surface area contributed by atoms with Gasteiger partial charge in [0.2, 0.25) is 5.43 Å². The van der Waals surface area contributed by atoms with Gasteiger partial charge < -0.3 is 29.1 Å². The van der Waals surface area contributed by atoms with Crippen molar-refractivity contribution in [2.24, 2.45) is 0 Å². The number of nitrogens with one attached hydrogen (secondary N) is 2. The molecular formula is C36H36FN5O5. The first-order chi connectivity index (χ1) is 22.9. The van der Waals surface area contributed by atoms with Gasteiger partial charge in [-0.25, -0.2) is 4.39 Å². The van der Waals surface area contributed by atoms with Crippen LogP contribution in [0, 0.1) is 5.82 Å². The number of hydrogen-bond donors (Lipinski definition) is 2. The normalized spacial score (nSPS) is 18.0. The van der Waals surface area contributed by atoms with Gasteiger partial charge in [0.05, 0.1) is 24.1 Å². The van der Waals surface area contributed by atoms with Gasteiger partial charge >= 0.3 is 0 Å². The maximum Gasteiger partial charge on any atom is 0.256 e. The predicted molar refractivity (Wildman–Crippen MR) is 182 cm³/mol. The van der Waals surface area contributed by atoms with E-state index in [1.165, 1.54) is 12.3 Å². The average Bonchev–Trinajstić information content (AvgIpc) is 3.62. The predicted octanol–water partition coefficient (Wildman–Crippen LogP) is 4.40. The van der Waals surface area contributed by atoms with Crippen LogP contribution in [0.15, 0.2) is 62.7 Å². The van der Waals surface area contributed by atoms with E-state index in [0.29, 0.717) is 66.3 Å². The number of likely N-dealkylation sites (tertiary alicyclic amines) is 1. The van der Waals surface area contributed by atoms with Crippen molar-refractivity contribution in [3.05, 3.63) is 80.5 Å². The van der Waals surface area contributed by atoms with Crippen molar-refractivity contribution < 1.29 is 18.3 Å². The fourth-order valence-electron chi connectivity index (χ4n) is 7.42. The van der Waals surface area contributed by atoms with Crippen LogP contribution in [0.5, 0.6) is 0 Å². The number of fused-ring (bicyclic) bond motifs is 5. The summed E-state index contributed by atoms with van der Waals surface area (Å²) >= 11 is 0. The van der Waals surface area contributed by atoms with Crippen LogP contribution >= 0.6 is 0 Å². The molecule has 242 valence electrons. The van der Waals surface area contributed by atoms with Gasteiger partial charge in [-0.1, -0.05) is 24.3 Å². The zero-order chi connectivity index (χ0) is 32.2. The Morgan fingerprint density at radius 3 is 2.55 bits per heavy atom. The summed E-state index contributed by atoms with van der Waals surface area (Å²) in [7, 11) is 2.08. The molecular weight excluding hydrogens is 601 g/mol. The molecule has 47 heavy (non-hydrogen) atoms. The number of ether oxygens (including phenoxy) is 1. The van der Waals surface area contributed by atoms with E-state index in [1.807, 2.05) is 24.3 Å². The minimum Gasteiger partial charge on any atom is -0.451 e. The Morgan fingerprint density at radius 2 is 1.77 bits per heavy atom. The third kappa shape index (κ3) is 5.09. The monoisotopic (exact) mass is 637 g/mol. The van der Waals surface area contributed by atoms with Crippen LogP contribution in [-0.2, 0) is 4.74 Å². The standard InChI is InChI=1S/C36H36FN5O5/c1-40-11-4-5-21(40)8-9-39-36(45)27-20-42-29-18-24-22-6-2-3-7-23(22)33(43)25(24)19-30(29)47-35-31(28(37)17-26(32(35)42)34(27)44)38-10-12-41-13-15-46-16-14-41/h2-3,6-7,17-21,38H,4-5,8-16H2,1H3,(H,39,45). The van der Waals surface area contributed by atoms with Crippen LogP contribution in [0.3, 0.4) is 0 Å². The van der Waals surface area contributed by atoms with E-state index in [0.717, 1.165) is 49.7 Å². The first-order valence-corrected chi connectivity index (χ1v) is 16.3. The van der Waals surface area contributed by atoms with Gasteiger partial charge in [-0.3, -0.25) is 19.3 Å². The lowest BCUT2D eigenvalue weighted by atomic mass is 10.1. The number of rotatable bonds is 8. The van der Waals surface area contributed by atoms with E-state index >= 15 is 4.39 Å². The Hall–Kier alpha value is -4.58. The van der Waals surface area contributed by atoms with Crippen molar-refractivity contribution in [1.82, 2.24) is 19.5 Å². The highest BCUT2D eigenvalue weighted by Gasteiger charge is 2.25. The molecule has 8 rings (SSSR count). The molecule has 10 nitrogen and oxygen atoms in total. The summed E-state index contributed by atoms with van der Waals surface area (Å²) in [4.78, 5) is 45.3. The molecule has 11 heteroatoms. The molecule has 2 aliphatic rings. The Balaban J connectivity index is 1.28. The van der Waals surface area contributed by atoms with Crippen LogP contribution in [0.1, 0.15) is 29.6 Å². The second-order valence-electron chi connectivity index (χ2n) is 12.7. The molecule has 2 aliphatic heterocycles. The van der Waals surface area contributed by atoms with E-state index in [4.69, 9.17) is 9.15 Å². The SMILES string of the molecule is CN1CCCC1CCNC(=O)c1cn2c3cc4c(cc3oc3c(NCCN5CCOCC5)c(F)cc(c1=O)c32)c(=O)c1ccccc14. The summed E-state index contributed by atoms with van der Waals surface area (Å²) in [5, 5.41) is 8.80. The number of carbonyl (C=O) groups excluding carboxylic acids is 1. The molecule has 6 aromatic rings. The summed E-state index contributed by atoms with van der Waals surface area (Å²) in [6.45, 7) is 5.45. The molecule has 1 atom stereocenters. The lowest BCUT2D eigenvalue weighted by Gasteiger charge is -2.26. The number of carbonyl (C=O) groups is 1. The smallest absolute Gasteiger partial charge is 0.256 e. The Bertz CT molecular complexity index is 2290. The Labute approximate surface area is 269 Å². The van der Waals surface area contributed by atoms with E-state index in [1.54, 1.807) is 16.5 Å².